The molecule has 0 aliphatic carbocycles. The fourth-order valence-corrected chi connectivity index (χ4v) is 1.21. The van der Waals surface area contributed by atoms with Gasteiger partial charge in [-0.25, -0.2) is 0 Å². The lowest BCUT2D eigenvalue weighted by atomic mass is 10.0. The van der Waals surface area contributed by atoms with Crippen molar-refractivity contribution < 1.29 is 5.21 Å². The highest BCUT2D eigenvalue weighted by Crippen LogP contribution is 2.09. The van der Waals surface area contributed by atoms with Gasteiger partial charge < -0.3 is 5.21 Å². The molecule has 0 unspecified atom stereocenters. The van der Waals surface area contributed by atoms with Gasteiger partial charge in [-0.1, -0.05) is 41.1 Å². The molecule has 1 aromatic rings. The van der Waals surface area contributed by atoms with Crippen LogP contribution in [0.25, 0.3) is 0 Å². The Labute approximate surface area is 84.6 Å². The molecule has 0 fully saturated rings. The van der Waals surface area contributed by atoms with Gasteiger partial charge in [-0.2, -0.15) is 0 Å². The van der Waals surface area contributed by atoms with E-state index in [2.05, 4.69) is 11.7 Å². The third-order valence-electron chi connectivity index (χ3n) is 2.02. The summed E-state index contributed by atoms with van der Waals surface area (Å²) in [5.74, 6) is 0. The number of nitrogens with zero attached hydrogens (tertiary/aromatic N) is 1. The predicted molar refractivity (Wildman–Crippen MR) is 58.8 cm³/mol. The molecule has 0 saturated heterocycles. The number of benzene rings is 1. The van der Waals surface area contributed by atoms with Crippen molar-refractivity contribution in [1.29, 1.82) is 0 Å². The van der Waals surface area contributed by atoms with Gasteiger partial charge in [0.05, 0.1) is 5.71 Å². The fourth-order valence-electron chi connectivity index (χ4n) is 1.21. The quantitative estimate of drug-likeness (QED) is 0.335. The number of hydrogen-bond donors (Lipinski definition) is 1. The molecule has 2 nitrogen and oxygen atoms in total. The lowest BCUT2D eigenvalue weighted by molar-refractivity contribution is 0.318. The Morgan fingerprint density at radius 2 is 1.93 bits per heavy atom. The third-order valence-corrected chi connectivity index (χ3v) is 2.02. The van der Waals surface area contributed by atoms with Crippen molar-refractivity contribution >= 4 is 5.71 Å². The van der Waals surface area contributed by atoms with Gasteiger partial charge in [-0.15, -0.1) is 6.58 Å². The molecule has 0 aromatic heterocycles. The molecule has 0 heterocycles. The van der Waals surface area contributed by atoms with Crippen molar-refractivity contribution in [1.82, 2.24) is 0 Å². The van der Waals surface area contributed by atoms with Crippen molar-refractivity contribution in [3.63, 3.8) is 0 Å². The van der Waals surface area contributed by atoms with Crippen LogP contribution in [0.4, 0.5) is 0 Å². The second-order valence-corrected chi connectivity index (χ2v) is 3.37. The average molecular weight is 189 g/mol. The van der Waals surface area contributed by atoms with Crippen LogP contribution in [0.2, 0.25) is 0 Å². The Morgan fingerprint density at radius 1 is 1.29 bits per heavy atom. The molecule has 0 bridgehead atoms. The summed E-state index contributed by atoms with van der Waals surface area (Å²) < 4.78 is 0. The Hall–Kier alpha value is -1.57. The van der Waals surface area contributed by atoms with Gasteiger partial charge in [0.1, 0.15) is 0 Å². The number of oxime groups is 1. The van der Waals surface area contributed by atoms with Crippen molar-refractivity contribution in [2.24, 2.45) is 5.16 Å². The van der Waals surface area contributed by atoms with Crippen LogP contribution in [-0.4, -0.2) is 10.9 Å². The zero-order chi connectivity index (χ0) is 10.4. The first kappa shape index (κ1) is 10.5. The predicted octanol–water partition coefficient (Wildman–Crippen LogP) is 3.22. The van der Waals surface area contributed by atoms with E-state index in [1.165, 1.54) is 0 Å². The summed E-state index contributed by atoms with van der Waals surface area (Å²) in [6, 6.07) is 9.68. The highest BCUT2D eigenvalue weighted by molar-refractivity contribution is 6.00. The molecule has 0 aliphatic heterocycles. The molecule has 14 heavy (non-hydrogen) atoms. The largest absolute Gasteiger partial charge is 0.411 e. The maximum Gasteiger partial charge on any atom is 0.0870 e. The van der Waals surface area contributed by atoms with E-state index >= 15 is 0 Å². The SMILES string of the molecule is C=C(C)CCC(=NO)c1ccccc1. The van der Waals surface area contributed by atoms with E-state index in [4.69, 9.17) is 5.21 Å². The van der Waals surface area contributed by atoms with Crippen LogP contribution < -0.4 is 0 Å². The highest BCUT2D eigenvalue weighted by Gasteiger charge is 2.02. The van der Waals surface area contributed by atoms with Crippen molar-refractivity contribution in [3.05, 3.63) is 48.0 Å². The molecule has 0 amide bonds. The Morgan fingerprint density at radius 3 is 2.43 bits per heavy atom. The van der Waals surface area contributed by atoms with Gasteiger partial charge in [0, 0.05) is 0 Å². The summed E-state index contributed by atoms with van der Waals surface area (Å²) in [6.45, 7) is 5.79. The lowest BCUT2D eigenvalue weighted by Gasteiger charge is -2.03. The van der Waals surface area contributed by atoms with Gasteiger partial charge in [0.25, 0.3) is 0 Å². The van der Waals surface area contributed by atoms with Crippen molar-refractivity contribution in [3.8, 4) is 0 Å². The second kappa shape index (κ2) is 5.22. The van der Waals surface area contributed by atoms with Crippen LogP contribution in [0.5, 0.6) is 0 Å². The van der Waals surface area contributed by atoms with Crippen LogP contribution in [0.15, 0.2) is 47.6 Å². The van der Waals surface area contributed by atoms with Gasteiger partial charge in [0.15, 0.2) is 0 Å². The molecule has 1 aromatic carbocycles. The minimum Gasteiger partial charge on any atom is -0.411 e. The van der Waals surface area contributed by atoms with Crippen LogP contribution in [0.3, 0.4) is 0 Å². The molecule has 0 atom stereocenters. The topological polar surface area (TPSA) is 32.6 Å². The van der Waals surface area contributed by atoms with Gasteiger partial charge in [-0.05, 0) is 25.3 Å². The van der Waals surface area contributed by atoms with E-state index in [1.54, 1.807) is 0 Å². The summed E-state index contributed by atoms with van der Waals surface area (Å²) in [5.41, 5.74) is 2.78. The average Bonchev–Trinajstić information content (AvgIpc) is 2.20. The summed E-state index contributed by atoms with van der Waals surface area (Å²) in [6.07, 6.45) is 1.59. The second-order valence-electron chi connectivity index (χ2n) is 3.37. The van der Waals surface area contributed by atoms with E-state index in [0.717, 1.165) is 24.0 Å². The first-order chi connectivity index (χ1) is 6.74. The first-order valence-electron chi connectivity index (χ1n) is 4.64. The molecule has 1 N–H and O–H groups in total. The van der Waals surface area contributed by atoms with Crippen LogP contribution >= 0.6 is 0 Å². The minimum atomic E-state index is 0.716. The standard InChI is InChI=1S/C12H15NO/c1-10(2)8-9-12(13-14)11-6-4-3-5-7-11/h3-7,14H,1,8-9H2,2H3. The lowest BCUT2D eigenvalue weighted by Crippen LogP contribution is -2.00. The maximum absolute atomic E-state index is 8.85. The monoisotopic (exact) mass is 189 g/mol. The number of rotatable bonds is 4. The van der Waals surface area contributed by atoms with Crippen LogP contribution in [0.1, 0.15) is 25.3 Å². The van der Waals surface area contributed by atoms with Crippen LogP contribution in [-0.2, 0) is 0 Å². The Balaban J connectivity index is 2.69. The maximum atomic E-state index is 8.85. The highest BCUT2D eigenvalue weighted by atomic mass is 16.4. The van der Waals surface area contributed by atoms with Crippen molar-refractivity contribution in [2.45, 2.75) is 19.8 Å². The summed E-state index contributed by atoms with van der Waals surface area (Å²) in [7, 11) is 0. The Bertz CT molecular complexity index is 327. The summed E-state index contributed by atoms with van der Waals surface area (Å²) >= 11 is 0. The fraction of sp³-hybridized carbons (Fsp3) is 0.250. The van der Waals surface area contributed by atoms with Crippen LogP contribution in [0, 0.1) is 0 Å². The molecule has 0 saturated carbocycles. The molecule has 0 radical (unpaired) electrons. The zero-order valence-corrected chi connectivity index (χ0v) is 8.40. The molecule has 74 valence electrons. The van der Waals surface area contributed by atoms with Gasteiger partial charge >= 0.3 is 0 Å². The van der Waals surface area contributed by atoms with E-state index in [0.29, 0.717) is 5.71 Å². The molecule has 0 aliphatic rings. The molecule has 0 spiro atoms. The van der Waals surface area contributed by atoms with Gasteiger partial charge in [-0.3, -0.25) is 0 Å². The zero-order valence-electron chi connectivity index (χ0n) is 8.40. The van der Waals surface area contributed by atoms with E-state index < -0.39 is 0 Å². The third kappa shape index (κ3) is 3.05. The van der Waals surface area contributed by atoms with Crippen molar-refractivity contribution in [2.75, 3.05) is 0 Å². The van der Waals surface area contributed by atoms with Gasteiger partial charge in [0.2, 0.25) is 0 Å². The molecule has 2 heteroatoms. The number of allylic oxidation sites excluding steroid dienone is 1. The summed E-state index contributed by atoms with van der Waals surface area (Å²) in [4.78, 5) is 0. The smallest absolute Gasteiger partial charge is 0.0870 e. The first-order valence-corrected chi connectivity index (χ1v) is 4.64. The Kier molecular flexibility index (Phi) is 3.92. The molecule has 1 rings (SSSR count). The minimum absolute atomic E-state index is 0.716. The normalized spacial score (nSPS) is 11.4. The molecular weight excluding hydrogens is 174 g/mol. The summed E-state index contributed by atoms with van der Waals surface area (Å²) in [5, 5.41) is 12.2. The van der Waals surface area contributed by atoms with E-state index in [-0.39, 0.29) is 0 Å². The van der Waals surface area contributed by atoms with E-state index in [1.807, 2.05) is 37.3 Å². The molecular formula is C12H15NO. The van der Waals surface area contributed by atoms with E-state index in [9.17, 15) is 0 Å². The number of hydrogen-bond acceptors (Lipinski definition) is 2.